The van der Waals surface area contributed by atoms with Crippen molar-refractivity contribution in [3.05, 3.63) is 65.0 Å². The molecule has 2 unspecified atom stereocenters. The molecule has 0 saturated heterocycles. The number of benzene rings is 1. The third-order valence-electron chi connectivity index (χ3n) is 3.58. The molecule has 1 aromatic heterocycles. The Kier molecular flexibility index (Phi) is 5.83. The summed E-state index contributed by atoms with van der Waals surface area (Å²) in [6.07, 6.45) is 4.72. The first kappa shape index (κ1) is 16.1. The van der Waals surface area contributed by atoms with Crippen molar-refractivity contribution in [1.82, 2.24) is 4.98 Å². The smallest absolute Gasteiger partial charge is 0.0466 e. The summed E-state index contributed by atoms with van der Waals surface area (Å²) in [5.74, 6) is 0.982. The quantitative estimate of drug-likeness (QED) is 0.859. The van der Waals surface area contributed by atoms with E-state index in [4.69, 9.17) is 5.73 Å². The van der Waals surface area contributed by atoms with Gasteiger partial charge < -0.3 is 5.73 Å². The Labute approximate surface area is 132 Å². The zero-order chi connectivity index (χ0) is 15.2. The minimum Gasteiger partial charge on any atom is -0.326 e. The van der Waals surface area contributed by atoms with Gasteiger partial charge in [0, 0.05) is 29.4 Å². The first-order valence-electron chi connectivity index (χ1n) is 7.44. The molecule has 0 fully saturated rings. The van der Waals surface area contributed by atoms with E-state index in [1.54, 1.807) is 0 Å². The van der Waals surface area contributed by atoms with Crippen molar-refractivity contribution >= 4 is 11.8 Å². The predicted octanol–water partition coefficient (Wildman–Crippen LogP) is 4.41. The molecule has 2 aromatic rings. The van der Waals surface area contributed by atoms with Gasteiger partial charge in [-0.2, -0.15) is 0 Å². The van der Waals surface area contributed by atoms with Crippen LogP contribution in [0.1, 0.15) is 40.8 Å². The molecule has 0 bridgehead atoms. The summed E-state index contributed by atoms with van der Waals surface area (Å²) in [6.45, 7) is 6.44. The fourth-order valence-electron chi connectivity index (χ4n) is 2.56. The molecule has 2 nitrogen and oxygen atoms in total. The third kappa shape index (κ3) is 4.58. The second kappa shape index (κ2) is 7.62. The van der Waals surface area contributed by atoms with Crippen molar-refractivity contribution in [2.24, 2.45) is 5.73 Å². The molecule has 2 atom stereocenters. The summed E-state index contributed by atoms with van der Waals surface area (Å²) in [6, 6.07) is 11.0. The average Bonchev–Trinajstić information content (AvgIpc) is 2.47. The number of hydrogen-bond acceptors (Lipinski definition) is 3. The Morgan fingerprint density at radius 2 is 1.90 bits per heavy atom. The highest BCUT2D eigenvalue weighted by molar-refractivity contribution is 7.98. The van der Waals surface area contributed by atoms with E-state index in [0.717, 1.165) is 12.2 Å². The average molecular weight is 300 g/mol. The van der Waals surface area contributed by atoms with Crippen LogP contribution in [0.4, 0.5) is 0 Å². The van der Waals surface area contributed by atoms with Gasteiger partial charge in [-0.25, -0.2) is 0 Å². The van der Waals surface area contributed by atoms with Gasteiger partial charge in [0.2, 0.25) is 0 Å². The van der Waals surface area contributed by atoms with Gasteiger partial charge in [0.25, 0.3) is 0 Å². The number of thioether (sulfide) groups is 1. The molecule has 0 spiro atoms. The van der Waals surface area contributed by atoms with Crippen LogP contribution in [0, 0.1) is 13.8 Å². The summed E-state index contributed by atoms with van der Waals surface area (Å²) in [7, 11) is 0. The molecule has 0 amide bonds. The van der Waals surface area contributed by atoms with Crippen LogP contribution < -0.4 is 5.73 Å². The molecule has 2 N–H and O–H groups in total. The molecule has 2 rings (SSSR count). The Balaban J connectivity index is 2.12. The molecule has 1 heterocycles. The van der Waals surface area contributed by atoms with Crippen molar-refractivity contribution in [3.8, 4) is 0 Å². The fraction of sp³-hybridized carbons (Fsp3) is 0.389. The van der Waals surface area contributed by atoms with Crippen LogP contribution in [0.5, 0.6) is 0 Å². The first-order chi connectivity index (χ1) is 10.1. The van der Waals surface area contributed by atoms with Crippen molar-refractivity contribution in [3.63, 3.8) is 0 Å². The van der Waals surface area contributed by atoms with Crippen LogP contribution in [0.25, 0.3) is 0 Å². The molecule has 0 radical (unpaired) electrons. The van der Waals surface area contributed by atoms with E-state index in [1.807, 2.05) is 30.2 Å². The van der Waals surface area contributed by atoms with Gasteiger partial charge in [-0.1, -0.05) is 42.3 Å². The predicted molar refractivity (Wildman–Crippen MR) is 92.5 cm³/mol. The van der Waals surface area contributed by atoms with Gasteiger partial charge >= 0.3 is 0 Å². The van der Waals surface area contributed by atoms with Crippen LogP contribution in [0.2, 0.25) is 0 Å². The maximum atomic E-state index is 6.32. The first-order valence-corrected chi connectivity index (χ1v) is 8.49. The minimum atomic E-state index is 0.158. The Morgan fingerprint density at radius 3 is 2.48 bits per heavy atom. The van der Waals surface area contributed by atoms with E-state index in [9.17, 15) is 0 Å². The molecular formula is C18H24N2S. The maximum absolute atomic E-state index is 6.32. The maximum Gasteiger partial charge on any atom is 0.0466 e. The molecule has 1 aromatic carbocycles. The number of aryl methyl sites for hydroxylation is 2. The lowest BCUT2D eigenvalue weighted by atomic mass is 10.1. The summed E-state index contributed by atoms with van der Waals surface area (Å²) in [5, 5.41) is 0.296. The minimum absolute atomic E-state index is 0.158. The number of hydrogen-bond donors (Lipinski definition) is 1. The Bertz CT molecular complexity index is 548. The second-order valence-corrected chi connectivity index (χ2v) is 6.72. The van der Waals surface area contributed by atoms with Crippen LogP contribution in [-0.2, 0) is 5.75 Å². The zero-order valence-electron chi connectivity index (χ0n) is 13.0. The summed E-state index contributed by atoms with van der Waals surface area (Å²) in [5.41, 5.74) is 11.6. The van der Waals surface area contributed by atoms with E-state index in [-0.39, 0.29) is 6.04 Å². The van der Waals surface area contributed by atoms with Crippen LogP contribution in [0.15, 0.2) is 42.7 Å². The van der Waals surface area contributed by atoms with Crippen molar-refractivity contribution in [2.75, 3.05) is 0 Å². The second-order valence-electron chi connectivity index (χ2n) is 5.59. The standard InChI is InChI=1S/C18H24N2S/c1-4-17(19)18(16-6-5-7-20-11-16)21-12-15-9-13(2)8-14(3)10-15/h5-11,17-18H,4,12,19H2,1-3H3. The van der Waals surface area contributed by atoms with Crippen LogP contribution in [0.3, 0.4) is 0 Å². The normalized spacial score (nSPS) is 13.9. The molecule has 21 heavy (non-hydrogen) atoms. The van der Waals surface area contributed by atoms with Crippen molar-refractivity contribution in [1.29, 1.82) is 0 Å². The Hall–Kier alpha value is -1.32. The number of pyridine rings is 1. The zero-order valence-corrected chi connectivity index (χ0v) is 13.9. The number of nitrogens with two attached hydrogens (primary N) is 1. The third-order valence-corrected chi connectivity index (χ3v) is 5.07. The molecule has 0 aliphatic heterocycles. The molecule has 112 valence electrons. The highest BCUT2D eigenvalue weighted by Crippen LogP contribution is 2.34. The van der Waals surface area contributed by atoms with E-state index >= 15 is 0 Å². The van der Waals surface area contributed by atoms with E-state index in [2.05, 4.69) is 50.0 Å². The van der Waals surface area contributed by atoms with Gasteiger partial charge in [-0.3, -0.25) is 4.98 Å². The van der Waals surface area contributed by atoms with Gasteiger partial charge in [0.1, 0.15) is 0 Å². The summed E-state index contributed by atoms with van der Waals surface area (Å²) >= 11 is 1.91. The van der Waals surface area contributed by atoms with Gasteiger partial charge in [0.15, 0.2) is 0 Å². The lowest BCUT2D eigenvalue weighted by molar-refractivity contribution is 0.633. The lowest BCUT2D eigenvalue weighted by Gasteiger charge is -2.23. The van der Waals surface area contributed by atoms with Crippen LogP contribution in [-0.4, -0.2) is 11.0 Å². The fourth-order valence-corrected chi connectivity index (χ4v) is 3.87. The topological polar surface area (TPSA) is 38.9 Å². The molecule has 0 saturated carbocycles. The lowest BCUT2D eigenvalue weighted by Crippen LogP contribution is -2.25. The molecule has 0 aliphatic rings. The van der Waals surface area contributed by atoms with Gasteiger partial charge in [-0.15, -0.1) is 11.8 Å². The number of rotatable bonds is 6. The molecule has 3 heteroatoms. The number of aromatic nitrogens is 1. The van der Waals surface area contributed by atoms with E-state index in [1.165, 1.54) is 22.3 Å². The van der Waals surface area contributed by atoms with Crippen LogP contribution >= 0.6 is 11.8 Å². The monoisotopic (exact) mass is 300 g/mol. The summed E-state index contributed by atoms with van der Waals surface area (Å²) in [4.78, 5) is 4.24. The highest BCUT2D eigenvalue weighted by Gasteiger charge is 2.19. The number of nitrogens with zero attached hydrogens (tertiary/aromatic N) is 1. The van der Waals surface area contributed by atoms with Crippen molar-refractivity contribution in [2.45, 2.75) is 44.2 Å². The van der Waals surface area contributed by atoms with Gasteiger partial charge in [0.05, 0.1) is 0 Å². The molecule has 0 aliphatic carbocycles. The highest BCUT2D eigenvalue weighted by atomic mass is 32.2. The summed E-state index contributed by atoms with van der Waals surface area (Å²) < 4.78 is 0. The molecular weight excluding hydrogens is 276 g/mol. The van der Waals surface area contributed by atoms with Crippen molar-refractivity contribution < 1.29 is 0 Å². The van der Waals surface area contributed by atoms with E-state index < -0.39 is 0 Å². The SMILES string of the molecule is CCC(N)C(SCc1cc(C)cc(C)c1)c1cccnc1. The van der Waals surface area contributed by atoms with E-state index in [0.29, 0.717) is 5.25 Å². The van der Waals surface area contributed by atoms with Gasteiger partial charge in [-0.05, 0) is 37.5 Å². The Morgan fingerprint density at radius 1 is 1.19 bits per heavy atom. The largest absolute Gasteiger partial charge is 0.326 e.